The quantitative estimate of drug-likeness (QED) is 0.775. The highest BCUT2D eigenvalue weighted by Crippen LogP contribution is 2.18. The monoisotopic (exact) mass is 336 g/mol. The van der Waals surface area contributed by atoms with Gasteiger partial charge >= 0.3 is 6.03 Å². The summed E-state index contributed by atoms with van der Waals surface area (Å²) in [5.41, 5.74) is 2.26. The SMILES string of the molecule is COCC[C@H]1CN(C(=O)NCCOc2cc(C)ccc2C)CCO1. The fourth-order valence-electron chi connectivity index (χ4n) is 2.62. The predicted molar refractivity (Wildman–Crippen MR) is 92.6 cm³/mol. The molecule has 0 spiro atoms. The van der Waals surface area contributed by atoms with Gasteiger partial charge in [0.2, 0.25) is 0 Å². The fourth-order valence-corrected chi connectivity index (χ4v) is 2.62. The van der Waals surface area contributed by atoms with Gasteiger partial charge < -0.3 is 24.4 Å². The number of carbonyl (C=O) groups is 1. The van der Waals surface area contributed by atoms with Crippen molar-refractivity contribution in [2.45, 2.75) is 26.4 Å². The maximum atomic E-state index is 12.2. The summed E-state index contributed by atoms with van der Waals surface area (Å²) in [6.07, 6.45) is 0.853. The van der Waals surface area contributed by atoms with Gasteiger partial charge in [0.25, 0.3) is 0 Å². The molecule has 0 bridgehead atoms. The molecule has 24 heavy (non-hydrogen) atoms. The number of hydrogen-bond acceptors (Lipinski definition) is 4. The molecule has 0 radical (unpaired) electrons. The van der Waals surface area contributed by atoms with Crippen LogP contribution in [0.2, 0.25) is 0 Å². The van der Waals surface area contributed by atoms with Gasteiger partial charge in [-0.05, 0) is 37.5 Å². The minimum atomic E-state index is -0.0646. The molecule has 1 atom stereocenters. The Labute approximate surface area is 144 Å². The summed E-state index contributed by atoms with van der Waals surface area (Å²) in [7, 11) is 1.67. The van der Waals surface area contributed by atoms with E-state index in [9.17, 15) is 4.79 Å². The van der Waals surface area contributed by atoms with Gasteiger partial charge in [-0.2, -0.15) is 0 Å². The second kappa shape index (κ2) is 9.49. The predicted octanol–water partition coefficient (Wildman–Crippen LogP) is 2.13. The van der Waals surface area contributed by atoms with Crippen molar-refractivity contribution in [3.05, 3.63) is 29.3 Å². The van der Waals surface area contributed by atoms with E-state index in [-0.39, 0.29) is 12.1 Å². The Balaban J connectivity index is 1.70. The Morgan fingerprint density at radius 3 is 3.00 bits per heavy atom. The third kappa shape index (κ3) is 5.69. The first-order chi connectivity index (χ1) is 11.6. The smallest absolute Gasteiger partial charge is 0.317 e. The van der Waals surface area contributed by atoms with Crippen molar-refractivity contribution in [2.24, 2.45) is 0 Å². The maximum absolute atomic E-state index is 12.2. The van der Waals surface area contributed by atoms with Gasteiger partial charge in [0.05, 0.1) is 19.3 Å². The fraction of sp³-hybridized carbons (Fsp3) is 0.611. The first kappa shape index (κ1) is 18.5. The summed E-state index contributed by atoms with van der Waals surface area (Å²) < 4.78 is 16.5. The summed E-state index contributed by atoms with van der Waals surface area (Å²) in [6.45, 7) is 7.42. The van der Waals surface area contributed by atoms with Gasteiger partial charge in [-0.3, -0.25) is 0 Å². The van der Waals surface area contributed by atoms with Crippen LogP contribution >= 0.6 is 0 Å². The zero-order valence-electron chi connectivity index (χ0n) is 14.8. The summed E-state index contributed by atoms with van der Waals surface area (Å²) in [5.74, 6) is 0.871. The molecular formula is C18H28N2O4. The summed E-state index contributed by atoms with van der Waals surface area (Å²) in [4.78, 5) is 14.0. The molecule has 134 valence electrons. The molecule has 6 heteroatoms. The van der Waals surface area contributed by atoms with E-state index in [4.69, 9.17) is 14.2 Å². The lowest BCUT2D eigenvalue weighted by Gasteiger charge is -2.32. The number of methoxy groups -OCH3 is 1. The van der Waals surface area contributed by atoms with Crippen LogP contribution in [-0.2, 0) is 9.47 Å². The highest BCUT2D eigenvalue weighted by molar-refractivity contribution is 5.74. The number of nitrogens with one attached hydrogen (secondary N) is 1. The van der Waals surface area contributed by atoms with Crippen LogP contribution in [0.3, 0.4) is 0 Å². The normalized spacial score (nSPS) is 17.6. The molecule has 0 unspecified atom stereocenters. The van der Waals surface area contributed by atoms with E-state index in [1.54, 1.807) is 12.0 Å². The summed E-state index contributed by atoms with van der Waals surface area (Å²) >= 11 is 0. The average Bonchev–Trinajstić information content (AvgIpc) is 2.59. The van der Waals surface area contributed by atoms with Crippen LogP contribution < -0.4 is 10.1 Å². The molecule has 1 aromatic carbocycles. The zero-order chi connectivity index (χ0) is 17.4. The molecule has 0 aliphatic carbocycles. The average molecular weight is 336 g/mol. The van der Waals surface area contributed by atoms with Crippen molar-refractivity contribution in [2.75, 3.05) is 46.6 Å². The van der Waals surface area contributed by atoms with Gasteiger partial charge in [0, 0.05) is 26.8 Å². The van der Waals surface area contributed by atoms with E-state index < -0.39 is 0 Å². The number of benzene rings is 1. The Morgan fingerprint density at radius 2 is 2.21 bits per heavy atom. The molecule has 1 saturated heterocycles. The lowest BCUT2D eigenvalue weighted by Crippen LogP contribution is -2.50. The molecule has 0 aromatic heterocycles. The van der Waals surface area contributed by atoms with E-state index >= 15 is 0 Å². The third-order valence-electron chi connectivity index (χ3n) is 4.05. The largest absolute Gasteiger partial charge is 0.491 e. The molecule has 1 aromatic rings. The summed E-state index contributed by atoms with van der Waals surface area (Å²) in [5, 5.41) is 2.91. The van der Waals surface area contributed by atoms with Crippen LogP contribution in [0.25, 0.3) is 0 Å². The molecule has 1 heterocycles. The number of amides is 2. The van der Waals surface area contributed by atoms with Gasteiger partial charge in [-0.25, -0.2) is 4.79 Å². The number of aryl methyl sites for hydroxylation is 2. The Kier molecular flexibility index (Phi) is 7.34. The number of hydrogen-bond donors (Lipinski definition) is 1. The number of rotatable bonds is 7. The second-order valence-electron chi connectivity index (χ2n) is 6.07. The van der Waals surface area contributed by atoms with Crippen molar-refractivity contribution >= 4 is 6.03 Å². The van der Waals surface area contributed by atoms with Gasteiger partial charge in [-0.1, -0.05) is 12.1 Å². The lowest BCUT2D eigenvalue weighted by molar-refractivity contribution is -0.0276. The van der Waals surface area contributed by atoms with Crippen molar-refractivity contribution in [1.29, 1.82) is 0 Å². The minimum Gasteiger partial charge on any atom is -0.491 e. The molecule has 1 aliphatic rings. The number of urea groups is 1. The van der Waals surface area contributed by atoms with Crippen LogP contribution in [0, 0.1) is 13.8 Å². The maximum Gasteiger partial charge on any atom is 0.317 e. The zero-order valence-corrected chi connectivity index (χ0v) is 14.8. The topological polar surface area (TPSA) is 60.0 Å². The molecular weight excluding hydrogens is 308 g/mol. The molecule has 6 nitrogen and oxygen atoms in total. The van der Waals surface area contributed by atoms with Crippen LogP contribution in [0.15, 0.2) is 18.2 Å². The van der Waals surface area contributed by atoms with Crippen LogP contribution in [0.5, 0.6) is 5.75 Å². The van der Waals surface area contributed by atoms with Gasteiger partial charge in [-0.15, -0.1) is 0 Å². The van der Waals surface area contributed by atoms with Gasteiger partial charge in [0.15, 0.2) is 0 Å². The second-order valence-corrected chi connectivity index (χ2v) is 6.07. The van der Waals surface area contributed by atoms with E-state index in [1.807, 2.05) is 26.0 Å². The van der Waals surface area contributed by atoms with E-state index in [2.05, 4.69) is 11.4 Å². The van der Waals surface area contributed by atoms with Crippen molar-refractivity contribution < 1.29 is 19.0 Å². The Morgan fingerprint density at radius 1 is 1.38 bits per heavy atom. The number of nitrogens with zero attached hydrogens (tertiary/aromatic N) is 1. The van der Waals surface area contributed by atoms with Gasteiger partial charge in [0.1, 0.15) is 12.4 Å². The molecule has 1 fully saturated rings. The van der Waals surface area contributed by atoms with Crippen LogP contribution in [0.4, 0.5) is 4.79 Å². The first-order valence-electron chi connectivity index (χ1n) is 8.43. The molecule has 2 rings (SSSR count). The Bertz CT molecular complexity index is 536. The number of carbonyl (C=O) groups excluding carboxylic acids is 1. The lowest BCUT2D eigenvalue weighted by atomic mass is 10.1. The van der Waals surface area contributed by atoms with Crippen molar-refractivity contribution in [3.63, 3.8) is 0 Å². The Hall–Kier alpha value is -1.79. The minimum absolute atomic E-state index is 0.0515. The highest BCUT2D eigenvalue weighted by atomic mass is 16.5. The molecule has 0 saturated carbocycles. The van der Waals surface area contributed by atoms with Crippen LogP contribution in [-0.4, -0.2) is 63.6 Å². The molecule has 2 amide bonds. The van der Waals surface area contributed by atoms with E-state index in [1.165, 1.54) is 0 Å². The van der Waals surface area contributed by atoms with E-state index in [0.717, 1.165) is 23.3 Å². The van der Waals surface area contributed by atoms with E-state index in [0.29, 0.717) is 39.5 Å². The highest BCUT2D eigenvalue weighted by Gasteiger charge is 2.23. The van der Waals surface area contributed by atoms with Crippen molar-refractivity contribution in [1.82, 2.24) is 10.2 Å². The standard InChI is InChI=1S/C18H28N2O4/c1-14-4-5-15(2)17(12-14)24-10-7-19-18(21)20-8-11-23-16(13-20)6-9-22-3/h4-5,12,16H,6-11,13H2,1-3H3,(H,19,21)/t16-/m0/s1. The third-order valence-corrected chi connectivity index (χ3v) is 4.05. The first-order valence-corrected chi connectivity index (χ1v) is 8.43. The number of ether oxygens (including phenoxy) is 3. The van der Waals surface area contributed by atoms with Crippen molar-refractivity contribution in [3.8, 4) is 5.75 Å². The van der Waals surface area contributed by atoms with Crippen LogP contribution in [0.1, 0.15) is 17.5 Å². The molecule has 1 aliphatic heterocycles. The number of morpholine rings is 1. The summed E-state index contributed by atoms with van der Waals surface area (Å²) in [6, 6.07) is 6.05. The molecule has 1 N–H and O–H groups in total.